The van der Waals surface area contributed by atoms with Crippen LogP contribution in [0.25, 0.3) is 0 Å². The van der Waals surface area contributed by atoms with Crippen molar-refractivity contribution in [2.45, 2.75) is 82.7 Å². The largest absolute Gasteiger partial charge is 0.340 e. The number of piperazine rings is 1. The van der Waals surface area contributed by atoms with E-state index in [1.54, 1.807) is 0 Å². The predicted molar refractivity (Wildman–Crippen MR) is 81.7 cm³/mol. The molecule has 3 aliphatic rings. The molecule has 2 saturated carbocycles. The maximum atomic E-state index is 13.2. The van der Waals surface area contributed by atoms with E-state index in [4.69, 9.17) is 0 Å². The second-order valence-electron chi connectivity index (χ2n) is 7.62. The number of hydrogen-bond acceptors (Lipinski definition) is 2. The van der Waals surface area contributed by atoms with Gasteiger partial charge in [0.25, 0.3) is 0 Å². The van der Waals surface area contributed by atoms with Crippen molar-refractivity contribution in [3.63, 3.8) is 0 Å². The quantitative estimate of drug-likeness (QED) is 0.869. The Bertz CT molecular complexity index is 432. The maximum Gasteiger partial charge on any atom is 0.249 e. The summed E-state index contributed by atoms with van der Waals surface area (Å²) in [7, 11) is 0. The lowest BCUT2D eigenvalue weighted by Crippen LogP contribution is -2.74. The molecular weight excluding hydrogens is 264 g/mol. The summed E-state index contributed by atoms with van der Waals surface area (Å²) in [6.07, 6.45) is 8.55. The molecular formula is C17H28N2O2. The fraction of sp³-hybridized carbons (Fsp3) is 0.882. The number of amides is 2. The molecule has 2 aliphatic carbocycles. The first kappa shape index (κ1) is 14.9. The molecule has 0 radical (unpaired) electrons. The first-order valence-electron chi connectivity index (χ1n) is 8.65. The Hall–Kier alpha value is -1.06. The Morgan fingerprint density at radius 1 is 1.05 bits per heavy atom. The first-order valence-corrected chi connectivity index (χ1v) is 8.65. The molecule has 2 amide bonds. The zero-order chi connectivity index (χ0) is 15.1. The van der Waals surface area contributed by atoms with Crippen molar-refractivity contribution >= 4 is 11.8 Å². The Morgan fingerprint density at radius 3 is 2.19 bits per heavy atom. The second-order valence-corrected chi connectivity index (χ2v) is 7.62. The van der Waals surface area contributed by atoms with Gasteiger partial charge in [-0.05, 0) is 38.0 Å². The molecule has 118 valence electrons. The zero-order valence-corrected chi connectivity index (χ0v) is 13.4. The van der Waals surface area contributed by atoms with Crippen LogP contribution in [0.3, 0.4) is 0 Å². The molecule has 1 heterocycles. The summed E-state index contributed by atoms with van der Waals surface area (Å²) < 4.78 is 0. The first-order chi connectivity index (χ1) is 10.0. The molecule has 3 fully saturated rings. The summed E-state index contributed by atoms with van der Waals surface area (Å²) in [5.74, 6) is 0.896. The van der Waals surface area contributed by atoms with E-state index in [1.165, 1.54) is 0 Å². The average Bonchev–Trinajstić information content (AvgIpc) is 3.07. The molecule has 0 bridgehead atoms. The molecule has 0 aromatic heterocycles. The highest BCUT2D eigenvalue weighted by Gasteiger charge is 2.59. The number of nitrogens with one attached hydrogen (secondary N) is 1. The molecule has 4 nitrogen and oxygen atoms in total. The SMILES string of the molecule is CC(C)CCN1C(=O)C2(CCCC2)NC(=O)C12CCCC2. The highest BCUT2D eigenvalue weighted by molar-refractivity contribution is 6.02. The van der Waals surface area contributed by atoms with Gasteiger partial charge in [-0.15, -0.1) is 0 Å². The molecule has 0 aromatic rings. The molecule has 21 heavy (non-hydrogen) atoms. The third-order valence-corrected chi connectivity index (χ3v) is 5.76. The van der Waals surface area contributed by atoms with E-state index in [-0.39, 0.29) is 11.8 Å². The van der Waals surface area contributed by atoms with E-state index in [0.29, 0.717) is 5.92 Å². The number of hydrogen-bond donors (Lipinski definition) is 1. The molecule has 2 spiro atoms. The van der Waals surface area contributed by atoms with Crippen molar-refractivity contribution < 1.29 is 9.59 Å². The van der Waals surface area contributed by atoms with Crippen LogP contribution in [0.5, 0.6) is 0 Å². The van der Waals surface area contributed by atoms with Gasteiger partial charge in [-0.25, -0.2) is 0 Å². The van der Waals surface area contributed by atoms with Crippen LogP contribution in [0.1, 0.15) is 71.6 Å². The van der Waals surface area contributed by atoms with Crippen molar-refractivity contribution in [1.82, 2.24) is 10.2 Å². The smallest absolute Gasteiger partial charge is 0.249 e. The lowest BCUT2D eigenvalue weighted by Gasteiger charge is -2.50. The summed E-state index contributed by atoms with van der Waals surface area (Å²) in [4.78, 5) is 28.0. The Labute approximate surface area is 127 Å². The Balaban J connectivity index is 1.90. The minimum atomic E-state index is -0.568. The zero-order valence-electron chi connectivity index (χ0n) is 13.4. The summed E-state index contributed by atoms with van der Waals surface area (Å²) in [5.41, 5.74) is -1.10. The Kier molecular flexibility index (Phi) is 3.74. The number of rotatable bonds is 3. The number of nitrogens with zero attached hydrogens (tertiary/aromatic N) is 1. The van der Waals surface area contributed by atoms with Crippen LogP contribution < -0.4 is 5.32 Å². The van der Waals surface area contributed by atoms with Gasteiger partial charge in [0.2, 0.25) is 11.8 Å². The highest BCUT2D eigenvalue weighted by atomic mass is 16.2. The molecule has 4 heteroatoms. The molecule has 1 aliphatic heterocycles. The van der Waals surface area contributed by atoms with E-state index < -0.39 is 11.1 Å². The minimum absolute atomic E-state index is 0.130. The summed E-state index contributed by atoms with van der Waals surface area (Å²) in [6.45, 7) is 5.11. The van der Waals surface area contributed by atoms with E-state index >= 15 is 0 Å². The maximum absolute atomic E-state index is 13.2. The van der Waals surface area contributed by atoms with E-state index in [9.17, 15) is 9.59 Å². The highest BCUT2D eigenvalue weighted by Crippen LogP contribution is 2.44. The van der Waals surface area contributed by atoms with E-state index in [0.717, 1.165) is 64.3 Å². The van der Waals surface area contributed by atoms with Crippen LogP contribution in [0.4, 0.5) is 0 Å². The van der Waals surface area contributed by atoms with Gasteiger partial charge >= 0.3 is 0 Å². The minimum Gasteiger partial charge on any atom is -0.340 e. The van der Waals surface area contributed by atoms with Crippen LogP contribution >= 0.6 is 0 Å². The van der Waals surface area contributed by atoms with Crippen molar-refractivity contribution in [2.75, 3.05) is 6.54 Å². The Morgan fingerprint density at radius 2 is 1.62 bits per heavy atom. The summed E-state index contributed by atoms with van der Waals surface area (Å²) in [5, 5.41) is 3.16. The van der Waals surface area contributed by atoms with Gasteiger partial charge in [0.15, 0.2) is 0 Å². The predicted octanol–water partition coefficient (Wildman–Crippen LogP) is 2.62. The fourth-order valence-electron chi connectivity index (χ4n) is 4.44. The van der Waals surface area contributed by atoms with E-state index in [2.05, 4.69) is 19.2 Å². The second kappa shape index (κ2) is 5.29. The lowest BCUT2D eigenvalue weighted by atomic mass is 9.82. The lowest BCUT2D eigenvalue weighted by molar-refractivity contribution is -0.163. The molecule has 0 atom stereocenters. The van der Waals surface area contributed by atoms with E-state index in [1.807, 2.05) is 4.90 Å². The van der Waals surface area contributed by atoms with Gasteiger partial charge in [-0.1, -0.05) is 39.5 Å². The van der Waals surface area contributed by atoms with Gasteiger partial charge in [-0.3, -0.25) is 9.59 Å². The topological polar surface area (TPSA) is 49.4 Å². The van der Waals surface area contributed by atoms with Gasteiger partial charge < -0.3 is 10.2 Å². The van der Waals surface area contributed by atoms with Gasteiger partial charge in [-0.2, -0.15) is 0 Å². The van der Waals surface area contributed by atoms with Crippen molar-refractivity contribution in [3.8, 4) is 0 Å². The summed E-state index contributed by atoms with van der Waals surface area (Å²) in [6, 6.07) is 0. The standard InChI is InChI=1S/C17H28N2O2/c1-13(2)7-12-19-15(21)16(8-3-4-9-16)18-14(20)17(19)10-5-6-11-17/h13H,3-12H2,1-2H3,(H,18,20). The molecule has 0 aromatic carbocycles. The number of carbonyl (C=O) groups is 2. The molecule has 3 rings (SSSR count). The molecule has 1 saturated heterocycles. The van der Waals surface area contributed by atoms with Crippen molar-refractivity contribution in [2.24, 2.45) is 5.92 Å². The van der Waals surface area contributed by atoms with Crippen molar-refractivity contribution in [3.05, 3.63) is 0 Å². The van der Waals surface area contributed by atoms with Gasteiger partial charge in [0, 0.05) is 6.54 Å². The third-order valence-electron chi connectivity index (χ3n) is 5.76. The summed E-state index contributed by atoms with van der Waals surface area (Å²) >= 11 is 0. The average molecular weight is 292 g/mol. The van der Waals surface area contributed by atoms with Crippen LogP contribution in [-0.4, -0.2) is 34.3 Å². The molecule has 1 N–H and O–H groups in total. The van der Waals surface area contributed by atoms with Crippen LogP contribution in [0.15, 0.2) is 0 Å². The number of carbonyl (C=O) groups excluding carboxylic acids is 2. The fourth-order valence-corrected chi connectivity index (χ4v) is 4.44. The van der Waals surface area contributed by atoms with Crippen LogP contribution in [0, 0.1) is 5.92 Å². The van der Waals surface area contributed by atoms with Crippen LogP contribution in [0.2, 0.25) is 0 Å². The van der Waals surface area contributed by atoms with Gasteiger partial charge in [0.05, 0.1) is 0 Å². The monoisotopic (exact) mass is 292 g/mol. The van der Waals surface area contributed by atoms with Crippen molar-refractivity contribution in [1.29, 1.82) is 0 Å². The van der Waals surface area contributed by atoms with Gasteiger partial charge in [0.1, 0.15) is 11.1 Å². The molecule has 0 unspecified atom stereocenters. The van der Waals surface area contributed by atoms with Crippen LogP contribution in [-0.2, 0) is 9.59 Å². The normalized spacial score (nSPS) is 27.1. The third kappa shape index (κ3) is 2.27.